The summed E-state index contributed by atoms with van der Waals surface area (Å²) in [7, 11) is 0. The van der Waals surface area contributed by atoms with Gasteiger partial charge in [-0.2, -0.15) is 0 Å². The van der Waals surface area contributed by atoms with E-state index in [1.807, 2.05) is 31.2 Å². The zero-order valence-corrected chi connectivity index (χ0v) is 21.2. The number of rotatable bonds is 7. The lowest BCUT2D eigenvalue weighted by Crippen LogP contribution is -2.52. The topological polar surface area (TPSA) is 109 Å². The molecule has 8 nitrogen and oxygen atoms in total. The fourth-order valence-electron chi connectivity index (χ4n) is 4.85. The summed E-state index contributed by atoms with van der Waals surface area (Å²) in [5, 5.41) is 12.6. The quantitative estimate of drug-likeness (QED) is 0.427. The first-order valence-corrected chi connectivity index (χ1v) is 13.3. The Kier molecular flexibility index (Phi) is 8.41. The van der Waals surface area contributed by atoms with E-state index in [0.29, 0.717) is 10.6 Å². The van der Waals surface area contributed by atoms with Crippen molar-refractivity contribution in [2.45, 2.75) is 58.4 Å². The van der Waals surface area contributed by atoms with Gasteiger partial charge in [0.1, 0.15) is 11.0 Å². The third kappa shape index (κ3) is 6.02. The predicted octanol–water partition coefficient (Wildman–Crippen LogP) is 4.24. The first kappa shape index (κ1) is 25.2. The van der Waals surface area contributed by atoms with E-state index in [1.165, 1.54) is 11.3 Å². The number of carbonyl (C=O) groups excluding carboxylic acids is 3. The number of benzene rings is 1. The molecule has 1 saturated heterocycles. The highest BCUT2D eigenvalue weighted by Crippen LogP contribution is 2.38. The lowest BCUT2D eigenvalue weighted by atomic mass is 9.89. The Morgan fingerprint density at radius 2 is 1.86 bits per heavy atom. The summed E-state index contributed by atoms with van der Waals surface area (Å²) in [6, 6.07) is 6.40. The van der Waals surface area contributed by atoms with Crippen LogP contribution < -0.4 is 21.3 Å². The van der Waals surface area contributed by atoms with Crippen LogP contribution in [0.3, 0.4) is 0 Å². The third-order valence-electron chi connectivity index (χ3n) is 6.71. The van der Waals surface area contributed by atoms with Crippen molar-refractivity contribution >= 4 is 39.9 Å². The van der Waals surface area contributed by atoms with Gasteiger partial charge in [0, 0.05) is 10.6 Å². The van der Waals surface area contributed by atoms with Crippen LogP contribution in [0.2, 0.25) is 0 Å². The van der Waals surface area contributed by atoms with E-state index in [4.69, 9.17) is 4.74 Å². The van der Waals surface area contributed by atoms with Gasteiger partial charge in [0.15, 0.2) is 0 Å². The van der Waals surface area contributed by atoms with Gasteiger partial charge in [-0.05, 0) is 88.6 Å². The van der Waals surface area contributed by atoms with Gasteiger partial charge in [-0.15, -0.1) is 11.3 Å². The van der Waals surface area contributed by atoms with Gasteiger partial charge < -0.3 is 20.7 Å². The van der Waals surface area contributed by atoms with Crippen LogP contribution in [-0.2, 0) is 22.4 Å². The molecule has 1 aliphatic carbocycles. The molecule has 4 N–H and O–H groups in total. The van der Waals surface area contributed by atoms with Gasteiger partial charge in [0.05, 0.1) is 12.2 Å². The van der Waals surface area contributed by atoms with Crippen molar-refractivity contribution in [1.29, 1.82) is 0 Å². The predicted molar refractivity (Wildman–Crippen MR) is 138 cm³/mol. The van der Waals surface area contributed by atoms with Crippen molar-refractivity contribution < 1.29 is 19.1 Å². The lowest BCUT2D eigenvalue weighted by molar-refractivity contribution is -0.119. The highest BCUT2D eigenvalue weighted by atomic mass is 32.1. The molecule has 2 heterocycles. The smallest absolute Gasteiger partial charge is 0.341 e. The number of amides is 3. The van der Waals surface area contributed by atoms with Gasteiger partial charge in [0.25, 0.3) is 0 Å². The van der Waals surface area contributed by atoms with Gasteiger partial charge in [0.2, 0.25) is 5.91 Å². The maximum atomic E-state index is 13.3. The Morgan fingerprint density at radius 3 is 2.60 bits per heavy atom. The highest BCUT2D eigenvalue weighted by molar-refractivity contribution is 7.17. The molecule has 2 aromatic rings. The summed E-state index contributed by atoms with van der Waals surface area (Å²) >= 11 is 1.44. The molecule has 1 aliphatic heterocycles. The Labute approximate surface area is 210 Å². The van der Waals surface area contributed by atoms with Crippen molar-refractivity contribution in [3.63, 3.8) is 0 Å². The molecular formula is C26H34N4O4S. The van der Waals surface area contributed by atoms with Crippen molar-refractivity contribution in [2.24, 2.45) is 5.92 Å². The Hall–Kier alpha value is -2.91. The maximum Gasteiger partial charge on any atom is 0.341 e. The average Bonchev–Trinajstić information content (AvgIpc) is 3.22. The Morgan fingerprint density at radius 1 is 1.11 bits per heavy atom. The number of para-hydroxylation sites is 1. The number of nitrogens with one attached hydrogen (secondary N) is 4. The fraction of sp³-hybridized carbons (Fsp3) is 0.500. The molecule has 0 radical (unpaired) electrons. The second kappa shape index (κ2) is 11.7. The molecule has 3 amide bonds. The van der Waals surface area contributed by atoms with Gasteiger partial charge in [-0.3, -0.25) is 10.1 Å². The number of urea groups is 1. The summed E-state index contributed by atoms with van der Waals surface area (Å²) in [5.74, 6) is -0.640. The lowest BCUT2D eigenvalue weighted by Gasteiger charge is -2.30. The molecule has 0 bridgehead atoms. The molecule has 35 heavy (non-hydrogen) atoms. The van der Waals surface area contributed by atoms with Crippen LogP contribution in [0.25, 0.3) is 0 Å². The first-order valence-electron chi connectivity index (χ1n) is 12.4. The second-order valence-corrected chi connectivity index (χ2v) is 10.2. The normalized spacial score (nSPS) is 16.6. The van der Waals surface area contributed by atoms with Crippen LogP contribution >= 0.6 is 11.3 Å². The summed E-state index contributed by atoms with van der Waals surface area (Å²) in [5.41, 5.74) is 3.14. The van der Waals surface area contributed by atoms with Crippen LogP contribution in [0.4, 0.5) is 15.5 Å². The van der Waals surface area contributed by atoms with E-state index in [2.05, 4.69) is 21.3 Å². The number of ether oxygens (including phenoxy) is 1. The summed E-state index contributed by atoms with van der Waals surface area (Å²) in [6.45, 7) is 5.57. The Balaban J connectivity index is 1.53. The molecule has 188 valence electrons. The van der Waals surface area contributed by atoms with Gasteiger partial charge in [-0.1, -0.05) is 18.2 Å². The fourth-order valence-corrected chi connectivity index (χ4v) is 6.12. The van der Waals surface area contributed by atoms with Crippen molar-refractivity contribution in [2.75, 3.05) is 30.3 Å². The number of piperidine rings is 1. The van der Waals surface area contributed by atoms with Gasteiger partial charge in [-0.25, -0.2) is 9.59 Å². The van der Waals surface area contributed by atoms with Crippen molar-refractivity contribution in [3.8, 4) is 0 Å². The van der Waals surface area contributed by atoms with Crippen LogP contribution in [-0.4, -0.2) is 43.6 Å². The van der Waals surface area contributed by atoms with E-state index in [-0.39, 0.29) is 18.4 Å². The summed E-state index contributed by atoms with van der Waals surface area (Å²) < 4.78 is 5.29. The van der Waals surface area contributed by atoms with Crippen molar-refractivity contribution in [1.82, 2.24) is 10.6 Å². The van der Waals surface area contributed by atoms with Crippen LogP contribution in [0.15, 0.2) is 24.3 Å². The summed E-state index contributed by atoms with van der Waals surface area (Å²) in [6.07, 6.45) is 5.35. The molecule has 9 heteroatoms. The molecule has 0 saturated carbocycles. The minimum Gasteiger partial charge on any atom is -0.462 e. The molecule has 1 aromatic carbocycles. The molecule has 1 aromatic heterocycles. The first-order chi connectivity index (χ1) is 17.0. The van der Waals surface area contributed by atoms with Gasteiger partial charge >= 0.3 is 12.0 Å². The SMILES string of the molecule is CCOC(=O)c1c(NC(=O)NC(C(=O)Nc2ccccc2C)C2CCNCC2)sc2c1CCCC2. The zero-order valence-electron chi connectivity index (χ0n) is 20.4. The van der Waals surface area contributed by atoms with Crippen LogP contribution in [0, 0.1) is 12.8 Å². The van der Waals surface area contributed by atoms with E-state index in [0.717, 1.165) is 73.3 Å². The Bertz CT molecular complexity index is 1080. The van der Waals surface area contributed by atoms with Crippen molar-refractivity contribution in [3.05, 3.63) is 45.8 Å². The number of carbonyl (C=O) groups is 3. The maximum absolute atomic E-state index is 13.3. The number of hydrogen-bond acceptors (Lipinski definition) is 6. The number of hydrogen-bond donors (Lipinski definition) is 4. The van der Waals surface area contributed by atoms with E-state index in [9.17, 15) is 14.4 Å². The molecule has 2 aliphatic rings. The average molecular weight is 499 g/mol. The number of anilines is 2. The second-order valence-electron chi connectivity index (χ2n) is 9.10. The third-order valence-corrected chi connectivity index (χ3v) is 7.91. The number of thiophene rings is 1. The molecule has 1 atom stereocenters. The molecule has 1 unspecified atom stereocenters. The minimum absolute atomic E-state index is 0.00656. The van der Waals surface area contributed by atoms with E-state index >= 15 is 0 Å². The number of fused-ring (bicyclic) bond motifs is 1. The molecular weight excluding hydrogens is 464 g/mol. The van der Waals surface area contributed by atoms with E-state index in [1.54, 1.807) is 6.92 Å². The number of esters is 1. The molecule has 0 spiro atoms. The summed E-state index contributed by atoms with van der Waals surface area (Å²) in [4.78, 5) is 40.4. The molecule has 1 fully saturated rings. The zero-order chi connectivity index (χ0) is 24.8. The number of aryl methyl sites for hydroxylation is 2. The largest absolute Gasteiger partial charge is 0.462 e. The van der Waals surface area contributed by atoms with E-state index < -0.39 is 18.0 Å². The standard InChI is InChI=1S/C26H34N4O4S/c1-3-34-25(32)21-18-9-5-7-11-20(18)35-24(21)30-26(33)29-22(17-12-14-27-15-13-17)23(31)28-19-10-6-4-8-16(19)2/h4,6,8,10,17,22,27H,3,5,7,9,11-15H2,1-2H3,(H,28,31)(H2,29,30,33). The highest BCUT2D eigenvalue weighted by Gasteiger charge is 2.33. The van der Waals surface area contributed by atoms with Crippen LogP contribution in [0.5, 0.6) is 0 Å². The van der Waals surface area contributed by atoms with Crippen LogP contribution in [0.1, 0.15) is 59.0 Å². The molecule has 4 rings (SSSR count). The minimum atomic E-state index is -0.697. The monoisotopic (exact) mass is 498 g/mol.